The van der Waals surface area contributed by atoms with Gasteiger partial charge in [0.15, 0.2) is 0 Å². The fourth-order valence-electron chi connectivity index (χ4n) is 2.74. The largest absolute Gasteiger partial charge is 0.339 e. The van der Waals surface area contributed by atoms with Crippen molar-refractivity contribution in [1.29, 1.82) is 0 Å². The van der Waals surface area contributed by atoms with Crippen LogP contribution in [0.2, 0.25) is 5.02 Å². The van der Waals surface area contributed by atoms with Crippen molar-refractivity contribution in [2.24, 2.45) is 0 Å². The van der Waals surface area contributed by atoms with Crippen LogP contribution in [0.4, 0.5) is 4.39 Å². The van der Waals surface area contributed by atoms with Crippen molar-refractivity contribution < 1.29 is 9.18 Å². The van der Waals surface area contributed by atoms with Gasteiger partial charge >= 0.3 is 0 Å². The maximum absolute atomic E-state index is 13.1. The van der Waals surface area contributed by atoms with E-state index < -0.39 is 5.82 Å². The zero-order valence-corrected chi connectivity index (χ0v) is 14.3. The first-order valence-electron chi connectivity index (χ1n) is 7.65. The van der Waals surface area contributed by atoms with E-state index in [1.807, 2.05) is 0 Å². The molecule has 2 heterocycles. The number of benzene rings is 1. The molecule has 0 spiro atoms. The molecule has 1 aromatic heterocycles. The van der Waals surface area contributed by atoms with Crippen LogP contribution in [0.15, 0.2) is 18.2 Å². The normalized spacial score (nSPS) is 15.9. The number of likely N-dealkylation sites (tertiary alicyclic amines) is 1. The number of hydrogen-bond acceptors (Lipinski definition) is 4. The number of aromatic nitrogens is 2. The number of carbonyl (C=O) groups is 1. The summed E-state index contributed by atoms with van der Waals surface area (Å²) in [6.45, 7) is 3.37. The Labute approximate surface area is 143 Å². The smallest absolute Gasteiger partial charge is 0.255 e. The minimum Gasteiger partial charge on any atom is -0.339 e. The Balaban J connectivity index is 1.65. The predicted molar refractivity (Wildman–Crippen MR) is 88.6 cm³/mol. The van der Waals surface area contributed by atoms with Crippen LogP contribution in [0.5, 0.6) is 0 Å². The van der Waals surface area contributed by atoms with E-state index in [1.165, 1.54) is 18.2 Å². The molecule has 0 N–H and O–H groups in total. The zero-order chi connectivity index (χ0) is 16.4. The summed E-state index contributed by atoms with van der Waals surface area (Å²) >= 11 is 7.64. The molecule has 1 fully saturated rings. The van der Waals surface area contributed by atoms with Gasteiger partial charge < -0.3 is 4.90 Å². The summed E-state index contributed by atoms with van der Waals surface area (Å²) in [5, 5.41) is 10.7. The number of carbonyl (C=O) groups excluding carboxylic acids is 1. The molecule has 3 rings (SSSR count). The molecule has 0 atom stereocenters. The molecule has 0 aliphatic carbocycles. The standard InChI is InChI=1S/C16H17ClFN3OS/c1-2-14-19-20-15(23-14)10-5-7-21(8-6-10)16(22)12-4-3-11(18)9-13(12)17/h3-4,9-10H,2,5-8H2,1H3. The molecule has 1 aliphatic heterocycles. The lowest BCUT2D eigenvalue weighted by atomic mass is 9.97. The summed E-state index contributed by atoms with van der Waals surface area (Å²) in [5.74, 6) is -0.214. The van der Waals surface area contributed by atoms with E-state index >= 15 is 0 Å². The van der Waals surface area contributed by atoms with Crippen LogP contribution in [0.1, 0.15) is 46.1 Å². The van der Waals surface area contributed by atoms with Gasteiger partial charge in [-0.1, -0.05) is 18.5 Å². The molecule has 0 radical (unpaired) electrons. The molecule has 7 heteroatoms. The molecule has 1 saturated heterocycles. The van der Waals surface area contributed by atoms with Gasteiger partial charge in [-0.2, -0.15) is 0 Å². The van der Waals surface area contributed by atoms with Crippen molar-refractivity contribution in [2.45, 2.75) is 32.1 Å². The lowest BCUT2D eigenvalue weighted by Crippen LogP contribution is -2.38. The number of nitrogens with zero attached hydrogens (tertiary/aromatic N) is 3. The highest BCUT2D eigenvalue weighted by Gasteiger charge is 2.27. The molecule has 122 valence electrons. The number of aryl methyl sites for hydroxylation is 1. The Hall–Kier alpha value is -1.53. The summed E-state index contributed by atoms with van der Waals surface area (Å²) in [4.78, 5) is 14.3. The van der Waals surface area contributed by atoms with E-state index in [9.17, 15) is 9.18 Å². The fraction of sp³-hybridized carbons (Fsp3) is 0.438. The highest BCUT2D eigenvalue weighted by atomic mass is 35.5. The molecule has 1 amide bonds. The summed E-state index contributed by atoms with van der Waals surface area (Å²) in [7, 11) is 0. The molecule has 1 aromatic carbocycles. The summed E-state index contributed by atoms with van der Waals surface area (Å²) < 4.78 is 13.1. The molecule has 2 aromatic rings. The third-order valence-corrected chi connectivity index (χ3v) is 5.62. The van der Waals surface area contributed by atoms with E-state index in [4.69, 9.17) is 11.6 Å². The number of hydrogen-bond donors (Lipinski definition) is 0. The average molecular weight is 354 g/mol. The molecular formula is C16H17ClFN3OS. The number of amides is 1. The van der Waals surface area contributed by atoms with Crippen LogP contribution in [-0.4, -0.2) is 34.1 Å². The lowest BCUT2D eigenvalue weighted by Gasteiger charge is -2.31. The van der Waals surface area contributed by atoms with Gasteiger partial charge in [-0.05, 0) is 37.5 Å². The number of rotatable bonds is 3. The molecule has 23 heavy (non-hydrogen) atoms. The maximum Gasteiger partial charge on any atom is 0.255 e. The highest BCUT2D eigenvalue weighted by Crippen LogP contribution is 2.31. The monoisotopic (exact) mass is 353 g/mol. The van der Waals surface area contributed by atoms with Crippen molar-refractivity contribution in [1.82, 2.24) is 15.1 Å². The van der Waals surface area contributed by atoms with Crippen molar-refractivity contribution in [3.63, 3.8) is 0 Å². The van der Waals surface area contributed by atoms with Gasteiger partial charge in [0.2, 0.25) is 0 Å². The number of halogens is 2. The fourth-order valence-corrected chi connectivity index (χ4v) is 3.94. The first kappa shape index (κ1) is 16.3. The minimum atomic E-state index is -0.437. The Kier molecular flexibility index (Phi) is 4.92. The van der Waals surface area contributed by atoms with Gasteiger partial charge in [0.05, 0.1) is 10.6 Å². The average Bonchev–Trinajstić information content (AvgIpc) is 3.03. The quantitative estimate of drug-likeness (QED) is 0.840. The molecule has 0 unspecified atom stereocenters. The van der Waals surface area contributed by atoms with Crippen molar-refractivity contribution in [3.8, 4) is 0 Å². The van der Waals surface area contributed by atoms with E-state index in [-0.39, 0.29) is 10.9 Å². The van der Waals surface area contributed by atoms with Crippen LogP contribution in [0, 0.1) is 5.82 Å². The maximum atomic E-state index is 13.1. The van der Waals surface area contributed by atoms with Crippen LogP contribution >= 0.6 is 22.9 Å². The van der Waals surface area contributed by atoms with Crippen molar-refractivity contribution in [3.05, 3.63) is 44.6 Å². The SMILES string of the molecule is CCc1nnc(C2CCN(C(=O)c3ccc(F)cc3Cl)CC2)s1. The van der Waals surface area contributed by atoms with Crippen molar-refractivity contribution in [2.75, 3.05) is 13.1 Å². The van der Waals surface area contributed by atoms with E-state index in [0.717, 1.165) is 29.3 Å². The van der Waals surface area contributed by atoms with Crippen LogP contribution < -0.4 is 0 Å². The second kappa shape index (κ2) is 6.93. The molecule has 0 saturated carbocycles. The van der Waals surface area contributed by atoms with Crippen LogP contribution in [0.3, 0.4) is 0 Å². The van der Waals surface area contributed by atoms with E-state index in [2.05, 4.69) is 17.1 Å². The second-order valence-electron chi connectivity index (χ2n) is 5.58. The van der Waals surface area contributed by atoms with Gasteiger partial charge in [0.25, 0.3) is 5.91 Å². The van der Waals surface area contributed by atoms with Crippen LogP contribution in [-0.2, 0) is 6.42 Å². The highest BCUT2D eigenvalue weighted by molar-refractivity contribution is 7.11. The Morgan fingerprint density at radius 1 is 1.39 bits per heavy atom. The van der Waals surface area contributed by atoms with E-state index in [0.29, 0.717) is 24.6 Å². The van der Waals surface area contributed by atoms with Crippen molar-refractivity contribution >= 4 is 28.8 Å². The lowest BCUT2D eigenvalue weighted by molar-refractivity contribution is 0.0713. The van der Waals surface area contributed by atoms with E-state index in [1.54, 1.807) is 16.2 Å². The third-order valence-electron chi connectivity index (χ3n) is 4.08. The Bertz CT molecular complexity index is 713. The van der Waals surface area contributed by atoms with Gasteiger partial charge in [-0.3, -0.25) is 4.79 Å². The predicted octanol–water partition coefficient (Wildman–Crippen LogP) is 3.91. The third kappa shape index (κ3) is 3.53. The summed E-state index contributed by atoms with van der Waals surface area (Å²) in [5.41, 5.74) is 0.357. The minimum absolute atomic E-state index is 0.139. The van der Waals surface area contributed by atoms with Gasteiger partial charge in [-0.15, -0.1) is 21.5 Å². The molecule has 0 bridgehead atoms. The molecule has 4 nitrogen and oxygen atoms in total. The first-order chi connectivity index (χ1) is 11.1. The zero-order valence-electron chi connectivity index (χ0n) is 12.8. The molecule has 1 aliphatic rings. The van der Waals surface area contributed by atoms with Gasteiger partial charge in [-0.25, -0.2) is 4.39 Å². The number of piperidine rings is 1. The second-order valence-corrected chi connectivity index (χ2v) is 7.08. The Morgan fingerprint density at radius 2 is 2.13 bits per heavy atom. The summed E-state index contributed by atoms with van der Waals surface area (Å²) in [6, 6.07) is 3.89. The first-order valence-corrected chi connectivity index (χ1v) is 8.84. The van der Waals surface area contributed by atoms with Gasteiger partial charge in [0, 0.05) is 19.0 Å². The summed E-state index contributed by atoms with van der Waals surface area (Å²) in [6.07, 6.45) is 2.63. The van der Waals surface area contributed by atoms with Gasteiger partial charge in [0.1, 0.15) is 15.8 Å². The molecular weight excluding hydrogens is 337 g/mol. The van der Waals surface area contributed by atoms with Crippen LogP contribution in [0.25, 0.3) is 0 Å². The Morgan fingerprint density at radius 3 is 2.74 bits per heavy atom. The topological polar surface area (TPSA) is 46.1 Å².